The van der Waals surface area contributed by atoms with Gasteiger partial charge < -0.3 is 10.6 Å². The number of carbonyl (C=O) groups excluding carboxylic acids is 1. The molecule has 0 bridgehead atoms. The monoisotopic (exact) mass is 387 g/mol. The number of thiazole rings is 1. The summed E-state index contributed by atoms with van der Waals surface area (Å²) in [5.41, 5.74) is 4.10. The highest BCUT2D eigenvalue weighted by molar-refractivity contribution is 7.11. The molecule has 0 saturated heterocycles. The van der Waals surface area contributed by atoms with Gasteiger partial charge in [0.1, 0.15) is 0 Å². The first-order valence-electron chi connectivity index (χ1n) is 8.98. The summed E-state index contributed by atoms with van der Waals surface area (Å²) in [7, 11) is 3.47. The second-order valence-electron chi connectivity index (χ2n) is 6.73. The fourth-order valence-corrected chi connectivity index (χ4v) is 4.20. The van der Waals surface area contributed by atoms with Crippen LogP contribution in [0, 0.1) is 13.8 Å². The molecule has 8 heteroatoms. The van der Waals surface area contributed by atoms with Gasteiger partial charge >= 0.3 is 11.7 Å². The predicted octanol–water partition coefficient (Wildman–Crippen LogP) is 3.22. The van der Waals surface area contributed by atoms with E-state index >= 15 is 0 Å². The van der Waals surface area contributed by atoms with Crippen LogP contribution in [-0.4, -0.2) is 20.1 Å². The number of rotatable bonds is 5. The van der Waals surface area contributed by atoms with Gasteiger partial charge in [-0.05, 0) is 44.4 Å². The molecule has 0 spiro atoms. The fourth-order valence-electron chi connectivity index (χ4n) is 3.08. The van der Waals surface area contributed by atoms with Crippen molar-refractivity contribution in [1.29, 1.82) is 0 Å². The number of hydrogen-bond donors (Lipinski definition) is 2. The molecule has 0 unspecified atom stereocenters. The number of urea groups is 1. The maximum Gasteiger partial charge on any atom is 0.328 e. The first-order valence-corrected chi connectivity index (χ1v) is 9.79. The number of imidazole rings is 1. The van der Waals surface area contributed by atoms with E-state index in [1.807, 2.05) is 26.0 Å². The van der Waals surface area contributed by atoms with E-state index in [0.717, 1.165) is 45.0 Å². The van der Waals surface area contributed by atoms with Crippen LogP contribution >= 0.6 is 11.3 Å². The Hall–Kier alpha value is -2.61. The number of aryl methyl sites for hydroxylation is 5. The third-order valence-electron chi connectivity index (χ3n) is 4.68. The van der Waals surface area contributed by atoms with E-state index in [-0.39, 0.29) is 11.7 Å². The third-order valence-corrected chi connectivity index (χ3v) is 5.89. The first-order chi connectivity index (χ1) is 12.8. The quantitative estimate of drug-likeness (QED) is 0.705. The molecule has 2 aromatic heterocycles. The van der Waals surface area contributed by atoms with Crippen LogP contribution in [0.4, 0.5) is 10.5 Å². The van der Waals surface area contributed by atoms with Crippen LogP contribution in [-0.2, 0) is 27.1 Å². The molecule has 144 valence electrons. The van der Waals surface area contributed by atoms with Gasteiger partial charge in [0.05, 0.1) is 28.3 Å². The Morgan fingerprint density at radius 3 is 2.52 bits per heavy atom. The third kappa shape index (κ3) is 3.75. The molecular weight excluding hydrogens is 362 g/mol. The van der Waals surface area contributed by atoms with Crippen molar-refractivity contribution >= 4 is 34.1 Å². The van der Waals surface area contributed by atoms with Crippen LogP contribution in [0.1, 0.15) is 34.5 Å². The Morgan fingerprint density at radius 1 is 1.19 bits per heavy atom. The number of anilines is 1. The number of amides is 2. The van der Waals surface area contributed by atoms with Crippen LogP contribution in [0.25, 0.3) is 11.0 Å². The van der Waals surface area contributed by atoms with Crippen molar-refractivity contribution in [3.05, 3.63) is 43.8 Å². The number of nitrogens with one attached hydrogen (secondary N) is 2. The van der Waals surface area contributed by atoms with Gasteiger partial charge in [0.2, 0.25) is 0 Å². The molecule has 7 nitrogen and oxygen atoms in total. The van der Waals surface area contributed by atoms with Crippen molar-refractivity contribution in [3.8, 4) is 0 Å². The molecule has 0 radical (unpaired) electrons. The lowest BCUT2D eigenvalue weighted by Crippen LogP contribution is -2.28. The molecule has 0 atom stereocenters. The highest BCUT2D eigenvalue weighted by Crippen LogP contribution is 2.23. The molecule has 0 aliphatic rings. The Labute approximate surface area is 162 Å². The maximum absolute atomic E-state index is 12.4. The molecule has 27 heavy (non-hydrogen) atoms. The smallest absolute Gasteiger partial charge is 0.328 e. The summed E-state index contributed by atoms with van der Waals surface area (Å²) in [5.74, 6) is 0. The standard InChI is InChI=1S/C19H25N5O2S/c1-6-7-17-21-12(3)16(27-17)10-20-18(25)22-13-9-15-14(8-11(13)2)23(4)19(26)24(15)5/h8-9H,6-7,10H2,1-5H3,(H2,20,22,25). The normalized spacial score (nSPS) is 11.1. The van der Waals surface area contributed by atoms with Gasteiger partial charge in [0, 0.05) is 24.7 Å². The predicted molar refractivity (Wildman–Crippen MR) is 110 cm³/mol. The van der Waals surface area contributed by atoms with Crippen molar-refractivity contribution in [2.24, 2.45) is 14.1 Å². The SMILES string of the molecule is CCCc1nc(C)c(CNC(=O)Nc2cc3c(cc2C)n(C)c(=O)n3C)s1. The van der Waals surface area contributed by atoms with Crippen LogP contribution in [0.15, 0.2) is 16.9 Å². The van der Waals surface area contributed by atoms with E-state index in [0.29, 0.717) is 12.2 Å². The number of carbonyl (C=O) groups is 1. The maximum atomic E-state index is 12.4. The van der Waals surface area contributed by atoms with Crippen molar-refractivity contribution in [2.75, 3.05) is 5.32 Å². The number of hydrogen-bond acceptors (Lipinski definition) is 4. The average Bonchev–Trinajstić information content (AvgIpc) is 3.07. The zero-order chi connectivity index (χ0) is 19.7. The number of nitrogens with zero attached hydrogens (tertiary/aromatic N) is 3. The second-order valence-corrected chi connectivity index (χ2v) is 7.90. The minimum atomic E-state index is -0.275. The van der Waals surface area contributed by atoms with Crippen LogP contribution in [0.2, 0.25) is 0 Å². The summed E-state index contributed by atoms with van der Waals surface area (Å²) < 4.78 is 3.18. The topological polar surface area (TPSA) is 81.0 Å². The van der Waals surface area contributed by atoms with Gasteiger partial charge in [-0.3, -0.25) is 9.13 Å². The van der Waals surface area contributed by atoms with E-state index in [1.165, 1.54) is 0 Å². The van der Waals surface area contributed by atoms with Crippen LogP contribution < -0.4 is 16.3 Å². The van der Waals surface area contributed by atoms with E-state index < -0.39 is 0 Å². The Kier molecular flexibility index (Phi) is 5.36. The van der Waals surface area contributed by atoms with E-state index in [9.17, 15) is 9.59 Å². The summed E-state index contributed by atoms with van der Waals surface area (Å²) in [6.45, 7) is 6.46. The van der Waals surface area contributed by atoms with Gasteiger partial charge in [0.25, 0.3) is 0 Å². The molecule has 0 aliphatic carbocycles. The lowest BCUT2D eigenvalue weighted by molar-refractivity contribution is 0.252. The zero-order valence-corrected chi connectivity index (χ0v) is 17.2. The minimum Gasteiger partial charge on any atom is -0.333 e. The molecule has 0 aliphatic heterocycles. The van der Waals surface area contributed by atoms with Gasteiger partial charge in [0.15, 0.2) is 0 Å². The van der Waals surface area contributed by atoms with Gasteiger partial charge in [-0.2, -0.15) is 0 Å². The van der Waals surface area contributed by atoms with Crippen molar-refractivity contribution in [1.82, 2.24) is 19.4 Å². The van der Waals surface area contributed by atoms with Gasteiger partial charge in [-0.25, -0.2) is 14.6 Å². The lowest BCUT2D eigenvalue weighted by atomic mass is 10.1. The molecule has 3 rings (SSSR count). The molecule has 0 fully saturated rings. The Morgan fingerprint density at radius 2 is 1.85 bits per heavy atom. The lowest BCUT2D eigenvalue weighted by Gasteiger charge is -2.10. The highest BCUT2D eigenvalue weighted by Gasteiger charge is 2.13. The Balaban J connectivity index is 1.73. The van der Waals surface area contributed by atoms with E-state index in [4.69, 9.17) is 0 Å². The molecule has 1 aromatic carbocycles. The molecule has 2 amide bonds. The molecule has 3 aromatic rings. The summed E-state index contributed by atoms with van der Waals surface area (Å²) in [6, 6.07) is 3.47. The van der Waals surface area contributed by atoms with E-state index in [1.54, 1.807) is 34.6 Å². The summed E-state index contributed by atoms with van der Waals surface area (Å²) >= 11 is 1.65. The molecule has 0 saturated carbocycles. The van der Waals surface area contributed by atoms with Crippen molar-refractivity contribution < 1.29 is 4.79 Å². The van der Waals surface area contributed by atoms with Crippen molar-refractivity contribution in [2.45, 2.75) is 40.2 Å². The Bertz CT molecular complexity index is 1060. The van der Waals surface area contributed by atoms with E-state index in [2.05, 4.69) is 22.5 Å². The minimum absolute atomic E-state index is 0.0884. The zero-order valence-electron chi connectivity index (χ0n) is 16.3. The summed E-state index contributed by atoms with van der Waals surface area (Å²) in [6.07, 6.45) is 2.02. The molecular formula is C19H25N5O2S. The largest absolute Gasteiger partial charge is 0.333 e. The number of aromatic nitrogens is 3. The van der Waals surface area contributed by atoms with Gasteiger partial charge in [-0.1, -0.05) is 6.92 Å². The highest BCUT2D eigenvalue weighted by atomic mass is 32.1. The first kappa shape index (κ1) is 19.2. The average molecular weight is 388 g/mol. The van der Waals surface area contributed by atoms with Crippen LogP contribution in [0.5, 0.6) is 0 Å². The van der Waals surface area contributed by atoms with Crippen molar-refractivity contribution in [3.63, 3.8) is 0 Å². The van der Waals surface area contributed by atoms with Gasteiger partial charge in [-0.15, -0.1) is 11.3 Å². The number of benzene rings is 1. The molecule has 2 N–H and O–H groups in total. The van der Waals surface area contributed by atoms with Crippen LogP contribution in [0.3, 0.4) is 0 Å². The second kappa shape index (κ2) is 7.56. The summed E-state index contributed by atoms with van der Waals surface area (Å²) in [5, 5.41) is 6.90. The fraction of sp³-hybridized carbons (Fsp3) is 0.421. The summed E-state index contributed by atoms with van der Waals surface area (Å²) in [4.78, 5) is 30.1. The molecule has 2 heterocycles. The number of fused-ring (bicyclic) bond motifs is 1.